The zero-order chi connectivity index (χ0) is 18.1. The Kier molecular flexibility index (Phi) is 5.14. The molecule has 1 fully saturated rings. The standard InChI is InChI=1S/C19H30N2O3/c1-13-16(12-9-14-7-10-15(20)11-8-14)21(19(5,6)23-13)17(22)24-18(2,3)4/h7-8,10-11,13,16H,9,12,20H2,1-6H3/t13-,16+/m1/s1. The second-order valence-electron chi connectivity index (χ2n) is 7.97. The summed E-state index contributed by atoms with van der Waals surface area (Å²) < 4.78 is 11.6. The minimum absolute atomic E-state index is 0.0209. The molecule has 1 aliphatic heterocycles. The second kappa shape index (κ2) is 6.63. The lowest BCUT2D eigenvalue weighted by atomic mass is 10.0. The number of ether oxygens (including phenoxy) is 2. The van der Waals surface area contributed by atoms with Crippen molar-refractivity contribution in [3.8, 4) is 0 Å². The molecule has 0 aliphatic carbocycles. The van der Waals surface area contributed by atoms with Gasteiger partial charge in [-0.05, 0) is 72.1 Å². The van der Waals surface area contributed by atoms with E-state index in [2.05, 4.69) is 0 Å². The highest BCUT2D eigenvalue weighted by Crippen LogP contribution is 2.35. The number of carbonyl (C=O) groups excluding carboxylic acids is 1. The van der Waals surface area contributed by atoms with E-state index in [9.17, 15) is 4.79 Å². The molecule has 2 N–H and O–H groups in total. The summed E-state index contributed by atoms with van der Waals surface area (Å²) in [6.45, 7) is 11.5. The Balaban J connectivity index is 2.12. The van der Waals surface area contributed by atoms with Gasteiger partial charge in [-0.3, -0.25) is 4.90 Å². The van der Waals surface area contributed by atoms with Crippen LogP contribution in [0.5, 0.6) is 0 Å². The first-order valence-electron chi connectivity index (χ1n) is 8.54. The average molecular weight is 334 g/mol. The van der Waals surface area contributed by atoms with Gasteiger partial charge in [-0.25, -0.2) is 4.79 Å². The van der Waals surface area contributed by atoms with Crippen molar-refractivity contribution in [3.63, 3.8) is 0 Å². The summed E-state index contributed by atoms with van der Waals surface area (Å²) in [5.74, 6) is 0. The van der Waals surface area contributed by atoms with Crippen LogP contribution in [0, 0.1) is 0 Å². The lowest BCUT2D eigenvalue weighted by Gasteiger charge is -2.35. The number of nitrogen functional groups attached to an aromatic ring is 1. The number of benzene rings is 1. The van der Waals surface area contributed by atoms with Gasteiger partial charge >= 0.3 is 6.09 Å². The van der Waals surface area contributed by atoms with Crippen LogP contribution < -0.4 is 5.73 Å². The number of anilines is 1. The summed E-state index contributed by atoms with van der Waals surface area (Å²) in [5.41, 5.74) is 6.49. The topological polar surface area (TPSA) is 64.8 Å². The molecule has 134 valence electrons. The van der Waals surface area contributed by atoms with Crippen LogP contribution >= 0.6 is 0 Å². The van der Waals surface area contributed by atoms with Crippen LogP contribution in [0.4, 0.5) is 10.5 Å². The van der Waals surface area contributed by atoms with Crippen molar-refractivity contribution in [1.29, 1.82) is 0 Å². The summed E-state index contributed by atoms with van der Waals surface area (Å²) in [5, 5.41) is 0. The van der Waals surface area contributed by atoms with Crippen molar-refractivity contribution < 1.29 is 14.3 Å². The predicted molar refractivity (Wildman–Crippen MR) is 95.7 cm³/mol. The van der Waals surface area contributed by atoms with E-state index in [4.69, 9.17) is 15.2 Å². The van der Waals surface area contributed by atoms with Gasteiger partial charge in [0.15, 0.2) is 0 Å². The van der Waals surface area contributed by atoms with Gasteiger partial charge in [-0.15, -0.1) is 0 Å². The van der Waals surface area contributed by atoms with Crippen LogP contribution in [0.25, 0.3) is 0 Å². The Morgan fingerprint density at radius 1 is 1.29 bits per heavy atom. The summed E-state index contributed by atoms with van der Waals surface area (Å²) in [6.07, 6.45) is 1.31. The number of amides is 1. The third-order valence-corrected chi connectivity index (χ3v) is 4.23. The maximum absolute atomic E-state index is 12.7. The zero-order valence-electron chi connectivity index (χ0n) is 15.6. The van der Waals surface area contributed by atoms with Gasteiger partial charge in [-0.1, -0.05) is 12.1 Å². The molecular formula is C19H30N2O3. The fourth-order valence-electron chi connectivity index (χ4n) is 3.23. The Bertz CT molecular complexity index is 575. The normalized spacial score (nSPS) is 23.3. The summed E-state index contributed by atoms with van der Waals surface area (Å²) >= 11 is 0. The Morgan fingerprint density at radius 2 is 1.88 bits per heavy atom. The van der Waals surface area contributed by atoms with Crippen molar-refractivity contribution in [1.82, 2.24) is 4.90 Å². The molecule has 0 spiro atoms. The van der Waals surface area contributed by atoms with Gasteiger partial charge < -0.3 is 15.2 Å². The van der Waals surface area contributed by atoms with E-state index in [0.717, 1.165) is 18.5 Å². The number of nitrogens with two attached hydrogens (primary N) is 1. The Hall–Kier alpha value is -1.75. The van der Waals surface area contributed by atoms with E-state index < -0.39 is 11.3 Å². The number of rotatable bonds is 3. The molecule has 1 amide bonds. The van der Waals surface area contributed by atoms with Crippen LogP contribution in [0.1, 0.15) is 53.5 Å². The highest BCUT2D eigenvalue weighted by atomic mass is 16.6. The Labute approximate surface area is 145 Å². The molecule has 0 bridgehead atoms. The highest BCUT2D eigenvalue weighted by molar-refractivity contribution is 5.70. The lowest BCUT2D eigenvalue weighted by molar-refractivity contribution is -0.0757. The number of hydrogen-bond acceptors (Lipinski definition) is 4. The van der Waals surface area contributed by atoms with Gasteiger partial charge in [0.25, 0.3) is 0 Å². The first-order chi connectivity index (χ1) is 11.0. The van der Waals surface area contributed by atoms with Gasteiger partial charge in [0.2, 0.25) is 0 Å². The molecule has 0 aromatic heterocycles. The van der Waals surface area contributed by atoms with Gasteiger partial charge in [-0.2, -0.15) is 0 Å². The van der Waals surface area contributed by atoms with E-state index in [1.54, 1.807) is 4.90 Å². The molecule has 5 heteroatoms. The first kappa shape index (κ1) is 18.6. The van der Waals surface area contributed by atoms with Gasteiger partial charge in [0.1, 0.15) is 11.3 Å². The first-order valence-corrected chi connectivity index (χ1v) is 8.54. The van der Waals surface area contributed by atoms with Crippen LogP contribution in [0.3, 0.4) is 0 Å². The van der Waals surface area contributed by atoms with Crippen LogP contribution in [-0.2, 0) is 15.9 Å². The molecule has 5 nitrogen and oxygen atoms in total. The molecule has 1 aromatic carbocycles. The highest BCUT2D eigenvalue weighted by Gasteiger charge is 2.49. The van der Waals surface area contributed by atoms with E-state index in [1.165, 1.54) is 5.56 Å². The largest absolute Gasteiger partial charge is 0.444 e. The second-order valence-corrected chi connectivity index (χ2v) is 7.97. The summed E-state index contributed by atoms with van der Waals surface area (Å²) in [7, 11) is 0. The van der Waals surface area contributed by atoms with Gasteiger partial charge in [0.05, 0.1) is 12.1 Å². The van der Waals surface area contributed by atoms with Gasteiger partial charge in [0, 0.05) is 5.69 Å². The third-order valence-electron chi connectivity index (χ3n) is 4.23. The Morgan fingerprint density at radius 3 is 2.42 bits per heavy atom. The molecule has 0 unspecified atom stereocenters. The number of hydrogen-bond donors (Lipinski definition) is 1. The van der Waals surface area contributed by atoms with E-state index in [0.29, 0.717) is 0 Å². The monoisotopic (exact) mass is 334 g/mol. The molecule has 2 rings (SSSR count). The fraction of sp³-hybridized carbons (Fsp3) is 0.632. The predicted octanol–water partition coefficient (Wildman–Crippen LogP) is 3.96. The van der Waals surface area contributed by atoms with Crippen LogP contribution in [-0.4, -0.2) is 34.5 Å². The number of aryl methyl sites for hydroxylation is 1. The van der Waals surface area contributed by atoms with Crippen molar-refractivity contribution in [2.24, 2.45) is 0 Å². The zero-order valence-corrected chi connectivity index (χ0v) is 15.6. The molecule has 0 radical (unpaired) electrons. The third kappa shape index (κ3) is 4.41. The average Bonchev–Trinajstić information content (AvgIpc) is 2.65. The van der Waals surface area contributed by atoms with Crippen molar-refractivity contribution >= 4 is 11.8 Å². The fourth-order valence-corrected chi connectivity index (χ4v) is 3.23. The molecule has 24 heavy (non-hydrogen) atoms. The van der Waals surface area contributed by atoms with E-state index in [1.807, 2.05) is 65.8 Å². The maximum Gasteiger partial charge on any atom is 0.412 e. The van der Waals surface area contributed by atoms with Crippen LogP contribution in [0.2, 0.25) is 0 Å². The van der Waals surface area contributed by atoms with Crippen molar-refractivity contribution in [2.75, 3.05) is 5.73 Å². The SMILES string of the molecule is C[C@H]1OC(C)(C)N(C(=O)OC(C)(C)C)[C@H]1CCc1ccc(N)cc1. The maximum atomic E-state index is 12.7. The molecule has 2 atom stereocenters. The molecule has 1 saturated heterocycles. The van der Waals surface area contributed by atoms with Crippen molar-refractivity contribution in [2.45, 2.75) is 77.9 Å². The molecule has 1 aromatic rings. The summed E-state index contributed by atoms with van der Waals surface area (Å²) in [4.78, 5) is 14.4. The van der Waals surface area contributed by atoms with E-state index in [-0.39, 0.29) is 18.2 Å². The lowest BCUT2D eigenvalue weighted by Crippen LogP contribution is -2.50. The smallest absolute Gasteiger partial charge is 0.412 e. The molecule has 1 aliphatic rings. The molecular weight excluding hydrogens is 304 g/mol. The van der Waals surface area contributed by atoms with E-state index >= 15 is 0 Å². The number of carbonyl (C=O) groups is 1. The number of nitrogens with zero attached hydrogens (tertiary/aromatic N) is 1. The van der Waals surface area contributed by atoms with Crippen LogP contribution in [0.15, 0.2) is 24.3 Å². The quantitative estimate of drug-likeness (QED) is 0.850. The minimum Gasteiger partial charge on any atom is -0.444 e. The minimum atomic E-state index is -0.673. The molecule has 1 heterocycles. The summed E-state index contributed by atoms with van der Waals surface area (Å²) in [6, 6.07) is 7.84. The van der Waals surface area contributed by atoms with Crippen molar-refractivity contribution in [3.05, 3.63) is 29.8 Å². The molecule has 0 saturated carbocycles.